The first-order valence-electron chi connectivity index (χ1n) is 6.68. The van der Waals surface area contributed by atoms with Crippen molar-refractivity contribution in [1.82, 2.24) is 5.32 Å². The van der Waals surface area contributed by atoms with Gasteiger partial charge in [0.25, 0.3) is 0 Å². The number of carboxylic acid groups (broad SMARTS) is 1. The highest BCUT2D eigenvalue weighted by molar-refractivity contribution is 7.91. The lowest BCUT2D eigenvalue weighted by molar-refractivity contribution is -0.144. The predicted octanol–water partition coefficient (Wildman–Crippen LogP) is 2.35. The van der Waals surface area contributed by atoms with Crippen LogP contribution in [0.15, 0.2) is 29.2 Å². The molecule has 118 valence electrons. The van der Waals surface area contributed by atoms with Gasteiger partial charge in [-0.3, -0.25) is 4.79 Å². The second-order valence-electron chi connectivity index (χ2n) is 5.09. The summed E-state index contributed by atoms with van der Waals surface area (Å²) in [6.45, 7) is 3.52. The number of benzene rings is 1. The van der Waals surface area contributed by atoms with Crippen LogP contribution >= 0.6 is 11.6 Å². The molecule has 0 saturated carbocycles. The van der Waals surface area contributed by atoms with Crippen molar-refractivity contribution in [2.24, 2.45) is 0 Å². The van der Waals surface area contributed by atoms with Gasteiger partial charge in [-0.05, 0) is 37.6 Å². The smallest absolute Gasteiger partial charge is 0.323 e. The molecule has 0 aliphatic heterocycles. The molecular formula is C14H20ClNO4S. The molecule has 1 aromatic rings. The number of hydrogen-bond acceptors (Lipinski definition) is 4. The minimum atomic E-state index is -3.45. The highest BCUT2D eigenvalue weighted by Gasteiger charge is 2.31. The number of carboxylic acids is 1. The Morgan fingerprint density at radius 3 is 2.38 bits per heavy atom. The Balaban J connectivity index is 2.69. The molecule has 1 unspecified atom stereocenters. The maximum atomic E-state index is 12.1. The summed E-state index contributed by atoms with van der Waals surface area (Å²) in [5.74, 6) is -1.14. The van der Waals surface area contributed by atoms with E-state index in [0.29, 0.717) is 17.9 Å². The van der Waals surface area contributed by atoms with Gasteiger partial charge in [-0.25, -0.2) is 8.42 Å². The third-order valence-corrected chi connectivity index (χ3v) is 5.26. The summed E-state index contributed by atoms with van der Waals surface area (Å²) >= 11 is 5.72. The van der Waals surface area contributed by atoms with Crippen molar-refractivity contribution in [3.05, 3.63) is 29.3 Å². The summed E-state index contributed by atoms with van der Waals surface area (Å²) in [4.78, 5) is 11.4. The Kier molecular flexibility index (Phi) is 6.19. The molecule has 0 spiro atoms. The zero-order chi connectivity index (χ0) is 16.1. The minimum Gasteiger partial charge on any atom is -0.480 e. The molecule has 0 bridgehead atoms. The molecule has 1 atom stereocenters. The normalized spacial score (nSPS) is 14.6. The highest BCUT2D eigenvalue weighted by atomic mass is 35.5. The van der Waals surface area contributed by atoms with Crippen molar-refractivity contribution < 1.29 is 18.3 Å². The van der Waals surface area contributed by atoms with E-state index >= 15 is 0 Å². The topological polar surface area (TPSA) is 83.5 Å². The summed E-state index contributed by atoms with van der Waals surface area (Å²) in [6, 6.07) is 5.92. The molecule has 2 N–H and O–H groups in total. The first-order valence-corrected chi connectivity index (χ1v) is 8.71. The largest absolute Gasteiger partial charge is 0.480 e. The first kappa shape index (κ1) is 17.9. The van der Waals surface area contributed by atoms with Gasteiger partial charge in [-0.15, -0.1) is 0 Å². The van der Waals surface area contributed by atoms with E-state index in [9.17, 15) is 18.3 Å². The average molecular weight is 334 g/mol. The Hall–Kier alpha value is -1.11. The maximum Gasteiger partial charge on any atom is 0.323 e. The lowest BCUT2D eigenvalue weighted by Gasteiger charge is -2.25. The number of sulfone groups is 1. The van der Waals surface area contributed by atoms with Gasteiger partial charge >= 0.3 is 5.97 Å². The summed E-state index contributed by atoms with van der Waals surface area (Å²) in [7, 11) is -3.45. The summed E-state index contributed by atoms with van der Waals surface area (Å²) < 4.78 is 24.3. The fourth-order valence-electron chi connectivity index (χ4n) is 1.99. The van der Waals surface area contributed by atoms with Crippen molar-refractivity contribution in [1.29, 1.82) is 0 Å². The van der Waals surface area contributed by atoms with E-state index in [1.165, 1.54) is 24.3 Å². The van der Waals surface area contributed by atoms with Crippen molar-refractivity contribution in [3.8, 4) is 0 Å². The zero-order valence-corrected chi connectivity index (χ0v) is 13.7. The van der Waals surface area contributed by atoms with Crippen LogP contribution in [0.2, 0.25) is 5.02 Å². The monoisotopic (exact) mass is 333 g/mol. The van der Waals surface area contributed by atoms with Crippen LogP contribution in [0, 0.1) is 0 Å². The zero-order valence-electron chi connectivity index (χ0n) is 12.1. The van der Waals surface area contributed by atoms with Gasteiger partial charge in [0.2, 0.25) is 0 Å². The predicted molar refractivity (Wildman–Crippen MR) is 82.5 cm³/mol. The number of aliphatic carboxylic acids is 1. The summed E-state index contributed by atoms with van der Waals surface area (Å²) in [6.07, 6.45) is 1.13. The van der Waals surface area contributed by atoms with Crippen molar-refractivity contribution in [2.45, 2.75) is 37.1 Å². The lowest BCUT2D eigenvalue weighted by Crippen LogP contribution is -2.50. The van der Waals surface area contributed by atoms with Gasteiger partial charge in [-0.2, -0.15) is 0 Å². The van der Waals surface area contributed by atoms with Gasteiger partial charge in [0, 0.05) is 11.6 Å². The molecule has 5 nitrogen and oxygen atoms in total. The summed E-state index contributed by atoms with van der Waals surface area (Å²) in [5, 5.41) is 12.5. The highest BCUT2D eigenvalue weighted by Crippen LogP contribution is 2.16. The van der Waals surface area contributed by atoms with E-state index in [1.807, 2.05) is 6.92 Å². The molecule has 21 heavy (non-hydrogen) atoms. The number of nitrogens with one attached hydrogen (secondary N) is 1. The molecule has 0 aromatic heterocycles. The Bertz CT molecular complexity index is 585. The van der Waals surface area contributed by atoms with Crippen LogP contribution in [0.25, 0.3) is 0 Å². The Morgan fingerprint density at radius 1 is 1.33 bits per heavy atom. The van der Waals surface area contributed by atoms with Crippen LogP contribution in [0.1, 0.15) is 26.7 Å². The molecule has 0 amide bonds. The van der Waals surface area contributed by atoms with E-state index in [0.717, 1.165) is 0 Å². The van der Waals surface area contributed by atoms with Gasteiger partial charge in [0.05, 0.1) is 10.6 Å². The molecule has 1 aromatic carbocycles. The van der Waals surface area contributed by atoms with Crippen LogP contribution in [0.3, 0.4) is 0 Å². The average Bonchev–Trinajstić information content (AvgIpc) is 2.39. The van der Waals surface area contributed by atoms with E-state index < -0.39 is 21.3 Å². The van der Waals surface area contributed by atoms with Crippen molar-refractivity contribution >= 4 is 27.4 Å². The van der Waals surface area contributed by atoms with Gasteiger partial charge in [-0.1, -0.05) is 24.9 Å². The van der Waals surface area contributed by atoms with Crippen LogP contribution < -0.4 is 5.32 Å². The molecule has 0 heterocycles. The van der Waals surface area contributed by atoms with Crippen molar-refractivity contribution in [3.63, 3.8) is 0 Å². The number of halogens is 1. The number of rotatable bonds is 8. The van der Waals surface area contributed by atoms with E-state index in [2.05, 4.69) is 5.32 Å². The molecular weight excluding hydrogens is 314 g/mol. The number of carbonyl (C=O) groups is 1. The van der Waals surface area contributed by atoms with Gasteiger partial charge < -0.3 is 10.4 Å². The van der Waals surface area contributed by atoms with Crippen LogP contribution in [0.4, 0.5) is 0 Å². The number of hydrogen-bond donors (Lipinski definition) is 2. The van der Waals surface area contributed by atoms with Crippen LogP contribution in [-0.2, 0) is 14.6 Å². The molecule has 0 saturated heterocycles. The fraction of sp³-hybridized carbons (Fsp3) is 0.500. The maximum absolute atomic E-state index is 12.1. The molecule has 0 aliphatic carbocycles. The molecule has 7 heteroatoms. The summed E-state index contributed by atoms with van der Waals surface area (Å²) in [5.41, 5.74) is -1.11. The van der Waals surface area contributed by atoms with Crippen molar-refractivity contribution in [2.75, 3.05) is 12.3 Å². The molecule has 0 aliphatic rings. The Morgan fingerprint density at radius 2 is 1.90 bits per heavy atom. The lowest BCUT2D eigenvalue weighted by atomic mass is 9.96. The van der Waals surface area contributed by atoms with E-state index in [-0.39, 0.29) is 17.2 Å². The Labute approximate surface area is 130 Å². The molecule has 1 rings (SSSR count). The second kappa shape index (κ2) is 7.24. The minimum absolute atomic E-state index is 0.0771. The second-order valence-corrected chi connectivity index (χ2v) is 7.63. The first-order chi connectivity index (χ1) is 9.71. The quantitative estimate of drug-likeness (QED) is 0.763. The van der Waals surface area contributed by atoms with E-state index in [4.69, 9.17) is 11.6 Å². The standard InChI is InChI=1S/C14H20ClNO4S/c1-3-8-14(2,13(17)18)16-9-10-21(19,20)12-6-4-11(15)5-7-12/h4-7,16H,3,8-10H2,1-2H3,(H,17,18). The van der Waals surface area contributed by atoms with Crippen LogP contribution in [0.5, 0.6) is 0 Å². The third-order valence-electron chi connectivity index (χ3n) is 3.28. The SMILES string of the molecule is CCCC(C)(NCCS(=O)(=O)c1ccc(Cl)cc1)C(=O)O. The molecule has 0 fully saturated rings. The van der Waals surface area contributed by atoms with Gasteiger partial charge in [0.1, 0.15) is 5.54 Å². The third kappa shape index (κ3) is 4.98. The molecule has 0 radical (unpaired) electrons. The van der Waals surface area contributed by atoms with Gasteiger partial charge in [0.15, 0.2) is 9.84 Å². The van der Waals surface area contributed by atoms with E-state index in [1.54, 1.807) is 6.92 Å². The van der Waals surface area contributed by atoms with Crippen LogP contribution in [-0.4, -0.2) is 37.3 Å². The fourth-order valence-corrected chi connectivity index (χ4v) is 3.28.